The lowest BCUT2D eigenvalue weighted by Crippen LogP contribution is -2.46. The standard InChI is InChI=1S/C10H14N4O/c1-9-6-10(12-7-11-9)14-4-2-13(8-15)3-5-14/h6-8H,2-5H2,1H3. The zero-order chi connectivity index (χ0) is 10.7. The van der Waals surface area contributed by atoms with Gasteiger partial charge in [-0.05, 0) is 6.92 Å². The first kappa shape index (κ1) is 9.89. The average molecular weight is 206 g/mol. The van der Waals surface area contributed by atoms with Gasteiger partial charge in [0.2, 0.25) is 6.41 Å². The van der Waals surface area contributed by atoms with Gasteiger partial charge in [0, 0.05) is 37.9 Å². The summed E-state index contributed by atoms with van der Waals surface area (Å²) in [6.45, 7) is 5.18. The quantitative estimate of drug-likeness (QED) is 0.642. The highest BCUT2D eigenvalue weighted by atomic mass is 16.1. The number of nitrogens with zero attached hydrogens (tertiary/aromatic N) is 4. The zero-order valence-electron chi connectivity index (χ0n) is 8.76. The van der Waals surface area contributed by atoms with Crippen molar-refractivity contribution in [2.45, 2.75) is 6.92 Å². The number of aromatic nitrogens is 2. The molecular formula is C10H14N4O. The van der Waals surface area contributed by atoms with Crippen molar-refractivity contribution in [3.63, 3.8) is 0 Å². The average Bonchev–Trinajstić information content (AvgIpc) is 2.29. The van der Waals surface area contributed by atoms with Gasteiger partial charge < -0.3 is 9.80 Å². The number of rotatable bonds is 2. The number of piperazine rings is 1. The molecular weight excluding hydrogens is 192 g/mol. The van der Waals surface area contributed by atoms with Crippen molar-refractivity contribution in [1.82, 2.24) is 14.9 Å². The molecule has 1 aliphatic heterocycles. The van der Waals surface area contributed by atoms with E-state index in [0.717, 1.165) is 44.1 Å². The number of hydrogen-bond acceptors (Lipinski definition) is 4. The highest BCUT2D eigenvalue weighted by molar-refractivity contribution is 5.49. The van der Waals surface area contributed by atoms with Crippen LogP contribution in [0.5, 0.6) is 0 Å². The molecule has 0 radical (unpaired) electrons. The molecule has 0 aromatic carbocycles. The third-order valence-corrected chi connectivity index (χ3v) is 2.58. The minimum atomic E-state index is 0.770. The van der Waals surface area contributed by atoms with Gasteiger partial charge in [-0.25, -0.2) is 9.97 Å². The maximum atomic E-state index is 10.5. The molecule has 2 heterocycles. The van der Waals surface area contributed by atoms with Crippen molar-refractivity contribution in [2.75, 3.05) is 31.1 Å². The summed E-state index contributed by atoms with van der Waals surface area (Å²) in [6.07, 6.45) is 2.49. The van der Waals surface area contributed by atoms with Gasteiger partial charge in [0.1, 0.15) is 12.1 Å². The molecule has 1 aromatic heterocycles. The lowest BCUT2D eigenvalue weighted by molar-refractivity contribution is -0.118. The molecule has 0 bridgehead atoms. The van der Waals surface area contributed by atoms with Crippen molar-refractivity contribution in [1.29, 1.82) is 0 Å². The third kappa shape index (κ3) is 2.23. The Kier molecular flexibility index (Phi) is 2.80. The summed E-state index contributed by atoms with van der Waals surface area (Å²) in [4.78, 5) is 22.8. The third-order valence-electron chi connectivity index (χ3n) is 2.58. The largest absolute Gasteiger partial charge is 0.353 e. The van der Waals surface area contributed by atoms with E-state index in [1.54, 1.807) is 11.2 Å². The van der Waals surface area contributed by atoms with Crippen molar-refractivity contribution >= 4 is 12.2 Å². The predicted octanol–water partition coefficient (Wildman–Crippen LogP) is 0.0634. The van der Waals surface area contributed by atoms with Crippen LogP contribution in [0.4, 0.5) is 5.82 Å². The second-order valence-corrected chi connectivity index (χ2v) is 3.65. The Labute approximate surface area is 88.7 Å². The molecule has 1 fully saturated rings. The van der Waals surface area contributed by atoms with Gasteiger partial charge in [-0.3, -0.25) is 4.79 Å². The Morgan fingerprint density at radius 2 is 2.00 bits per heavy atom. The van der Waals surface area contributed by atoms with Crippen LogP contribution in [-0.2, 0) is 4.79 Å². The van der Waals surface area contributed by atoms with Crippen LogP contribution < -0.4 is 4.90 Å². The number of carbonyl (C=O) groups excluding carboxylic acids is 1. The molecule has 0 unspecified atom stereocenters. The van der Waals surface area contributed by atoms with Crippen LogP contribution in [0.3, 0.4) is 0 Å². The normalized spacial score (nSPS) is 16.6. The fraction of sp³-hybridized carbons (Fsp3) is 0.500. The van der Waals surface area contributed by atoms with Gasteiger partial charge >= 0.3 is 0 Å². The maximum Gasteiger partial charge on any atom is 0.209 e. The molecule has 80 valence electrons. The van der Waals surface area contributed by atoms with E-state index in [-0.39, 0.29) is 0 Å². The summed E-state index contributed by atoms with van der Waals surface area (Å²) in [6, 6.07) is 1.97. The van der Waals surface area contributed by atoms with Gasteiger partial charge in [-0.1, -0.05) is 0 Å². The van der Waals surface area contributed by atoms with Gasteiger partial charge in [0.25, 0.3) is 0 Å². The number of amides is 1. The summed E-state index contributed by atoms with van der Waals surface area (Å²) in [5, 5.41) is 0. The molecule has 0 N–H and O–H groups in total. The molecule has 1 aromatic rings. The van der Waals surface area contributed by atoms with Crippen LogP contribution in [0.25, 0.3) is 0 Å². The lowest BCUT2D eigenvalue weighted by Gasteiger charge is -2.33. The first-order valence-electron chi connectivity index (χ1n) is 5.02. The minimum Gasteiger partial charge on any atom is -0.353 e. The van der Waals surface area contributed by atoms with Crippen LogP contribution in [0.15, 0.2) is 12.4 Å². The zero-order valence-corrected chi connectivity index (χ0v) is 8.76. The maximum absolute atomic E-state index is 10.5. The highest BCUT2D eigenvalue weighted by Crippen LogP contribution is 2.12. The van der Waals surface area contributed by atoms with Gasteiger partial charge in [-0.15, -0.1) is 0 Å². The smallest absolute Gasteiger partial charge is 0.209 e. The molecule has 0 saturated carbocycles. The Bertz CT molecular complexity index is 347. The summed E-state index contributed by atoms with van der Waals surface area (Å²) in [5.41, 5.74) is 0.970. The number of carbonyl (C=O) groups is 1. The molecule has 5 nitrogen and oxygen atoms in total. The van der Waals surface area contributed by atoms with Crippen molar-refractivity contribution in [2.24, 2.45) is 0 Å². The first-order valence-corrected chi connectivity index (χ1v) is 5.02. The van der Waals surface area contributed by atoms with Gasteiger partial charge in [-0.2, -0.15) is 0 Å². The van der Waals surface area contributed by atoms with E-state index in [0.29, 0.717) is 0 Å². The predicted molar refractivity (Wildman–Crippen MR) is 56.6 cm³/mol. The Hall–Kier alpha value is -1.65. The Morgan fingerprint density at radius 3 is 2.60 bits per heavy atom. The highest BCUT2D eigenvalue weighted by Gasteiger charge is 2.16. The number of anilines is 1. The molecule has 0 aliphatic carbocycles. The monoisotopic (exact) mass is 206 g/mol. The molecule has 1 saturated heterocycles. The van der Waals surface area contributed by atoms with Gasteiger partial charge in [0.15, 0.2) is 0 Å². The minimum absolute atomic E-state index is 0.770. The molecule has 2 rings (SSSR count). The number of hydrogen-bond donors (Lipinski definition) is 0. The van der Waals surface area contributed by atoms with Crippen LogP contribution >= 0.6 is 0 Å². The van der Waals surface area contributed by atoms with Crippen LogP contribution in [0.1, 0.15) is 5.69 Å². The Morgan fingerprint density at radius 1 is 1.27 bits per heavy atom. The SMILES string of the molecule is Cc1cc(N2CCN(C=O)CC2)ncn1. The lowest BCUT2D eigenvalue weighted by atomic mass is 10.3. The fourth-order valence-electron chi connectivity index (χ4n) is 1.67. The van der Waals surface area contributed by atoms with E-state index in [1.807, 2.05) is 13.0 Å². The van der Waals surface area contributed by atoms with E-state index in [9.17, 15) is 4.79 Å². The first-order chi connectivity index (χ1) is 7.29. The van der Waals surface area contributed by atoms with Gasteiger partial charge in [0.05, 0.1) is 0 Å². The number of aryl methyl sites for hydroxylation is 1. The fourth-order valence-corrected chi connectivity index (χ4v) is 1.67. The molecule has 1 aliphatic rings. The Balaban J connectivity index is 2.04. The van der Waals surface area contributed by atoms with Crippen LogP contribution in [0, 0.1) is 6.92 Å². The molecule has 0 spiro atoms. The topological polar surface area (TPSA) is 49.3 Å². The summed E-state index contributed by atoms with van der Waals surface area (Å²) >= 11 is 0. The van der Waals surface area contributed by atoms with Crippen molar-refractivity contribution in [3.05, 3.63) is 18.1 Å². The van der Waals surface area contributed by atoms with Crippen LogP contribution in [0.2, 0.25) is 0 Å². The molecule has 0 atom stereocenters. The molecule has 15 heavy (non-hydrogen) atoms. The van der Waals surface area contributed by atoms with E-state index in [4.69, 9.17) is 0 Å². The molecule has 1 amide bonds. The molecule has 5 heteroatoms. The second-order valence-electron chi connectivity index (χ2n) is 3.65. The van der Waals surface area contributed by atoms with E-state index < -0.39 is 0 Å². The summed E-state index contributed by atoms with van der Waals surface area (Å²) in [7, 11) is 0. The van der Waals surface area contributed by atoms with E-state index in [1.165, 1.54) is 0 Å². The van der Waals surface area contributed by atoms with Crippen LogP contribution in [-0.4, -0.2) is 47.5 Å². The summed E-state index contributed by atoms with van der Waals surface area (Å²) in [5.74, 6) is 0.952. The van der Waals surface area contributed by atoms with Crippen molar-refractivity contribution < 1.29 is 4.79 Å². The van der Waals surface area contributed by atoms with E-state index >= 15 is 0 Å². The van der Waals surface area contributed by atoms with Crippen molar-refractivity contribution in [3.8, 4) is 0 Å². The second kappa shape index (κ2) is 4.25. The van der Waals surface area contributed by atoms with E-state index in [2.05, 4.69) is 14.9 Å². The summed E-state index contributed by atoms with van der Waals surface area (Å²) < 4.78 is 0.